The van der Waals surface area contributed by atoms with Gasteiger partial charge in [-0.1, -0.05) is 6.07 Å². The minimum atomic E-state index is -0.542. The summed E-state index contributed by atoms with van der Waals surface area (Å²) in [5.41, 5.74) is 5.35. The van der Waals surface area contributed by atoms with E-state index in [0.717, 1.165) is 46.7 Å². The van der Waals surface area contributed by atoms with Crippen molar-refractivity contribution in [1.82, 2.24) is 10.3 Å². The second kappa shape index (κ2) is 11.7. The van der Waals surface area contributed by atoms with Crippen LogP contribution in [0.4, 0.5) is 5.82 Å². The Bertz CT molecular complexity index is 1510. The molecule has 8 nitrogen and oxygen atoms in total. The number of benzene rings is 2. The van der Waals surface area contributed by atoms with E-state index in [2.05, 4.69) is 15.6 Å². The molecule has 5 rings (SSSR count). The molecule has 206 valence electrons. The van der Waals surface area contributed by atoms with Crippen LogP contribution in [0.15, 0.2) is 83.3 Å². The Balaban J connectivity index is 1.52. The molecule has 1 aromatic heterocycles. The van der Waals surface area contributed by atoms with Gasteiger partial charge in [0, 0.05) is 46.6 Å². The van der Waals surface area contributed by atoms with Gasteiger partial charge in [0.25, 0.3) is 5.91 Å². The number of aromatic nitrogens is 1. The molecule has 2 heterocycles. The van der Waals surface area contributed by atoms with Gasteiger partial charge in [0.15, 0.2) is 5.78 Å². The van der Waals surface area contributed by atoms with Crippen molar-refractivity contribution in [3.8, 4) is 17.2 Å². The Morgan fingerprint density at radius 3 is 2.50 bits per heavy atom. The molecule has 2 N–H and O–H groups in total. The first-order valence-electron chi connectivity index (χ1n) is 13.3. The van der Waals surface area contributed by atoms with Crippen molar-refractivity contribution in [2.75, 3.05) is 19.5 Å². The number of allylic oxidation sites excluding steroid dienone is 3. The summed E-state index contributed by atoms with van der Waals surface area (Å²) in [5.74, 6) is 1.76. The average Bonchev–Trinajstić information content (AvgIpc) is 2.95. The molecule has 40 heavy (non-hydrogen) atoms. The molecule has 8 heteroatoms. The lowest BCUT2D eigenvalue weighted by molar-refractivity contribution is -0.116. The fraction of sp³-hybridized carbons (Fsp3) is 0.281. The molecule has 0 radical (unpaired) electrons. The minimum absolute atomic E-state index is 0.0529. The number of amides is 1. The number of hydrogen-bond donors (Lipinski definition) is 2. The standard InChI is InChI=1S/C32H33N3O5/c1-19-14-15-33-28(16-19)35-32(37)29-20(2)34-25-6-5-7-26(36)31(25)30(29)21-8-13-27(39-4)22(17-21)18-40-24-11-9-23(38-3)10-12-24/h8-17,30,34H,5-7,18H2,1-4H3,(H,33,35,37). The zero-order chi connectivity index (χ0) is 28.2. The van der Waals surface area contributed by atoms with Crippen molar-refractivity contribution < 1.29 is 23.8 Å². The number of dihydropyridines is 1. The Morgan fingerprint density at radius 1 is 1.00 bits per heavy atom. The first kappa shape index (κ1) is 27.0. The van der Waals surface area contributed by atoms with Crippen LogP contribution in [0.2, 0.25) is 0 Å². The van der Waals surface area contributed by atoms with E-state index in [9.17, 15) is 9.59 Å². The van der Waals surface area contributed by atoms with Crippen LogP contribution in [0, 0.1) is 6.92 Å². The fourth-order valence-corrected chi connectivity index (χ4v) is 5.33. The molecule has 0 saturated heterocycles. The second-order valence-electron chi connectivity index (χ2n) is 9.97. The lowest BCUT2D eigenvalue weighted by atomic mass is 9.74. The molecule has 1 aliphatic heterocycles. The Labute approximate surface area is 234 Å². The van der Waals surface area contributed by atoms with E-state index in [1.165, 1.54) is 0 Å². The number of anilines is 1. The molecule has 1 unspecified atom stereocenters. The fourth-order valence-electron chi connectivity index (χ4n) is 5.33. The van der Waals surface area contributed by atoms with Crippen LogP contribution in [-0.4, -0.2) is 30.9 Å². The summed E-state index contributed by atoms with van der Waals surface area (Å²) < 4.78 is 16.9. The van der Waals surface area contributed by atoms with Crippen molar-refractivity contribution in [2.24, 2.45) is 0 Å². The predicted octanol–water partition coefficient (Wildman–Crippen LogP) is 5.59. The summed E-state index contributed by atoms with van der Waals surface area (Å²) in [6, 6.07) is 16.8. The number of Topliss-reactive ketones (excluding diaryl/α,β-unsaturated/α-hetero) is 1. The van der Waals surface area contributed by atoms with Crippen LogP contribution >= 0.6 is 0 Å². The number of nitrogens with one attached hydrogen (secondary N) is 2. The molecule has 3 aromatic rings. The van der Waals surface area contributed by atoms with E-state index in [1.54, 1.807) is 20.4 Å². The molecule has 0 spiro atoms. The summed E-state index contributed by atoms with van der Waals surface area (Å²) in [4.78, 5) is 31.4. The van der Waals surface area contributed by atoms with E-state index in [1.807, 2.05) is 68.4 Å². The second-order valence-corrected chi connectivity index (χ2v) is 9.97. The normalized spacial score (nSPS) is 16.7. The highest BCUT2D eigenvalue weighted by atomic mass is 16.5. The van der Waals surface area contributed by atoms with Crippen molar-refractivity contribution in [1.29, 1.82) is 0 Å². The third-order valence-corrected chi connectivity index (χ3v) is 7.27. The molecule has 0 bridgehead atoms. The third kappa shape index (κ3) is 5.57. The van der Waals surface area contributed by atoms with Gasteiger partial charge in [-0.3, -0.25) is 9.59 Å². The van der Waals surface area contributed by atoms with E-state index >= 15 is 0 Å². The summed E-state index contributed by atoms with van der Waals surface area (Å²) in [6.07, 6.45) is 3.65. The molecular weight excluding hydrogens is 506 g/mol. The van der Waals surface area contributed by atoms with Crippen LogP contribution in [0.25, 0.3) is 0 Å². The van der Waals surface area contributed by atoms with Crippen LogP contribution in [-0.2, 0) is 16.2 Å². The molecule has 1 amide bonds. The number of ether oxygens (including phenoxy) is 3. The number of carbonyl (C=O) groups excluding carboxylic acids is 2. The van der Waals surface area contributed by atoms with Crippen molar-refractivity contribution in [3.05, 3.63) is 100 Å². The highest BCUT2D eigenvalue weighted by Crippen LogP contribution is 2.43. The highest BCUT2D eigenvalue weighted by Gasteiger charge is 2.38. The topological polar surface area (TPSA) is 98.8 Å². The van der Waals surface area contributed by atoms with Crippen LogP contribution < -0.4 is 24.8 Å². The average molecular weight is 540 g/mol. The van der Waals surface area contributed by atoms with Gasteiger partial charge in [0.1, 0.15) is 29.7 Å². The Hall–Kier alpha value is -4.59. The van der Waals surface area contributed by atoms with Gasteiger partial charge in [-0.15, -0.1) is 0 Å². The van der Waals surface area contributed by atoms with E-state index in [-0.39, 0.29) is 18.3 Å². The smallest absolute Gasteiger partial charge is 0.255 e. The zero-order valence-electron chi connectivity index (χ0n) is 23.2. The lowest BCUT2D eigenvalue weighted by Gasteiger charge is -2.34. The summed E-state index contributed by atoms with van der Waals surface area (Å²) >= 11 is 0. The summed E-state index contributed by atoms with van der Waals surface area (Å²) in [6.45, 7) is 4.06. The maximum atomic E-state index is 13.8. The van der Waals surface area contributed by atoms with Gasteiger partial charge in [-0.25, -0.2) is 4.98 Å². The van der Waals surface area contributed by atoms with E-state index < -0.39 is 5.92 Å². The van der Waals surface area contributed by atoms with Crippen molar-refractivity contribution in [2.45, 2.75) is 45.6 Å². The lowest BCUT2D eigenvalue weighted by Crippen LogP contribution is -2.35. The number of pyridine rings is 1. The zero-order valence-corrected chi connectivity index (χ0v) is 23.2. The number of carbonyl (C=O) groups is 2. The van der Waals surface area contributed by atoms with Gasteiger partial charge in [-0.2, -0.15) is 0 Å². The number of hydrogen-bond acceptors (Lipinski definition) is 7. The van der Waals surface area contributed by atoms with Gasteiger partial charge >= 0.3 is 0 Å². The van der Waals surface area contributed by atoms with E-state index in [0.29, 0.717) is 34.9 Å². The monoisotopic (exact) mass is 539 g/mol. The van der Waals surface area contributed by atoms with Crippen LogP contribution in [0.3, 0.4) is 0 Å². The Kier molecular flexibility index (Phi) is 7.86. The maximum absolute atomic E-state index is 13.8. The highest BCUT2D eigenvalue weighted by molar-refractivity contribution is 6.09. The number of ketones is 1. The summed E-state index contributed by atoms with van der Waals surface area (Å²) in [5, 5.41) is 6.31. The van der Waals surface area contributed by atoms with Gasteiger partial charge in [-0.05, 0) is 86.3 Å². The summed E-state index contributed by atoms with van der Waals surface area (Å²) in [7, 11) is 3.23. The maximum Gasteiger partial charge on any atom is 0.255 e. The minimum Gasteiger partial charge on any atom is -0.497 e. The molecule has 0 saturated carbocycles. The third-order valence-electron chi connectivity index (χ3n) is 7.27. The first-order valence-corrected chi connectivity index (χ1v) is 13.3. The first-order chi connectivity index (χ1) is 19.4. The predicted molar refractivity (Wildman–Crippen MR) is 152 cm³/mol. The SMILES string of the molecule is COc1ccc(OCc2cc(C3C(C(=O)Nc4cc(C)ccn4)=C(C)NC4=C3C(=O)CCC4)ccc2OC)cc1. The number of rotatable bonds is 8. The van der Waals surface area contributed by atoms with Crippen molar-refractivity contribution in [3.63, 3.8) is 0 Å². The molecule has 1 aliphatic carbocycles. The number of nitrogens with zero attached hydrogens (tertiary/aromatic N) is 1. The molecule has 0 fully saturated rings. The number of methoxy groups -OCH3 is 2. The van der Waals surface area contributed by atoms with Crippen LogP contribution in [0.1, 0.15) is 48.8 Å². The van der Waals surface area contributed by atoms with Crippen molar-refractivity contribution >= 4 is 17.5 Å². The molecule has 2 aliphatic rings. The molecule has 2 aromatic carbocycles. The van der Waals surface area contributed by atoms with Gasteiger partial charge in [0.2, 0.25) is 0 Å². The Morgan fingerprint density at radius 2 is 1.77 bits per heavy atom. The quantitative estimate of drug-likeness (QED) is 0.385. The number of aryl methyl sites for hydroxylation is 1. The van der Waals surface area contributed by atoms with Gasteiger partial charge in [0.05, 0.1) is 14.2 Å². The van der Waals surface area contributed by atoms with Gasteiger partial charge < -0.3 is 24.8 Å². The van der Waals surface area contributed by atoms with Crippen LogP contribution in [0.5, 0.6) is 17.2 Å². The van der Waals surface area contributed by atoms with E-state index in [4.69, 9.17) is 14.2 Å². The largest absolute Gasteiger partial charge is 0.497 e. The molecule has 1 atom stereocenters. The molecular formula is C32H33N3O5.